The summed E-state index contributed by atoms with van der Waals surface area (Å²) in [4.78, 5) is 0. The average Bonchev–Trinajstić information content (AvgIpc) is 2.14. The number of halogens is 1. The summed E-state index contributed by atoms with van der Waals surface area (Å²) in [7, 11) is 0. The molecule has 72 valence electrons. The summed E-state index contributed by atoms with van der Waals surface area (Å²) in [5.74, 6) is 0. The van der Waals surface area contributed by atoms with Crippen LogP contribution in [-0.4, -0.2) is 6.54 Å². The molecule has 1 atom stereocenters. The number of rotatable bonds is 4. The molecule has 0 saturated heterocycles. The first-order valence-electron chi connectivity index (χ1n) is 4.73. The van der Waals surface area contributed by atoms with Gasteiger partial charge in [-0.3, -0.25) is 0 Å². The van der Waals surface area contributed by atoms with Crippen LogP contribution in [0.1, 0.15) is 31.9 Å². The van der Waals surface area contributed by atoms with Crippen molar-refractivity contribution in [3.05, 3.63) is 34.3 Å². The Balaban J connectivity index is 2.60. The van der Waals surface area contributed by atoms with Gasteiger partial charge in [0.1, 0.15) is 0 Å². The van der Waals surface area contributed by atoms with Crippen molar-refractivity contribution >= 4 is 15.9 Å². The van der Waals surface area contributed by atoms with Crippen LogP contribution in [0.3, 0.4) is 0 Å². The zero-order chi connectivity index (χ0) is 9.68. The summed E-state index contributed by atoms with van der Waals surface area (Å²) in [5.41, 5.74) is 1.34. The topological polar surface area (TPSA) is 12.0 Å². The van der Waals surface area contributed by atoms with Crippen LogP contribution < -0.4 is 5.32 Å². The molecule has 0 fully saturated rings. The van der Waals surface area contributed by atoms with Gasteiger partial charge in [-0.1, -0.05) is 35.0 Å². The van der Waals surface area contributed by atoms with Crippen LogP contribution in [0.4, 0.5) is 0 Å². The van der Waals surface area contributed by atoms with Crippen molar-refractivity contribution in [2.45, 2.75) is 26.3 Å². The molecular weight excluding hydrogens is 226 g/mol. The second kappa shape index (κ2) is 5.40. The fourth-order valence-corrected chi connectivity index (χ4v) is 1.67. The summed E-state index contributed by atoms with van der Waals surface area (Å²) >= 11 is 3.47. The number of benzene rings is 1. The first kappa shape index (κ1) is 10.7. The fourth-order valence-electron chi connectivity index (χ4n) is 1.25. The lowest BCUT2D eigenvalue weighted by Crippen LogP contribution is -2.19. The SMILES string of the molecule is CCCNC(C)c1cccc(Br)c1. The Bertz CT molecular complexity index is 260. The lowest BCUT2D eigenvalue weighted by molar-refractivity contribution is 0.570. The Morgan fingerprint density at radius 2 is 2.23 bits per heavy atom. The van der Waals surface area contributed by atoms with Crippen LogP contribution in [0.5, 0.6) is 0 Å². The van der Waals surface area contributed by atoms with Crippen molar-refractivity contribution in [1.82, 2.24) is 5.32 Å². The highest BCUT2D eigenvalue weighted by Gasteiger charge is 2.02. The molecule has 0 saturated carbocycles. The van der Waals surface area contributed by atoms with E-state index in [0.717, 1.165) is 11.0 Å². The van der Waals surface area contributed by atoms with Crippen molar-refractivity contribution in [2.24, 2.45) is 0 Å². The Morgan fingerprint density at radius 3 is 2.85 bits per heavy atom. The Morgan fingerprint density at radius 1 is 1.46 bits per heavy atom. The maximum atomic E-state index is 3.47. The van der Waals surface area contributed by atoms with Gasteiger partial charge in [0.15, 0.2) is 0 Å². The van der Waals surface area contributed by atoms with E-state index in [9.17, 15) is 0 Å². The summed E-state index contributed by atoms with van der Waals surface area (Å²) in [6.07, 6.45) is 1.18. The molecule has 0 aliphatic carbocycles. The molecule has 1 aromatic carbocycles. The molecule has 0 bridgehead atoms. The van der Waals surface area contributed by atoms with Gasteiger partial charge < -0.3 is 5.32 Å². The molecule has 0 heterocycles. The van der Waals surface area contributed by atoms with Crippen molar-refractivity contribution in [3.63, 3.8) is 0 Å². The lowest BCUT2D eigenvalue weighted by Gasteiger charge is -2.13. The number of hydrogen-bond donors (Lipinski definition) is 1. The number of hydrogen-bond acceptors (Lipinski definition) is 1. The molecule has 0 spiro atoms. The minimum atomic E-state index is 0.442. The monoisotopic (exact) mass is 241 g/mol. The second-order valence-electron chi connectivity index (χ2n) is 3.23. The summed E-state index contributed by atoms with van der Waals surface area (Å²) in [5, 5.41) is 3.45. The molecule has 0 aliphatic rings. The van der Waals surface area contributed by atoms with Gasteiger partial charge in [0.05, 0.1) is 0 Å². The van der Waals surface area contributed by atoms with Crippen molar-refractivity contribution in [3.8, 4) is 0 Å². The van der Waals surface area contributed by atoms with Gasteiger partial charge in [0, 0.05) is 10.5 Å². The minimum absolute atomic E-state index is 0.442. The third kappa shape index (κ3) is 3.49. The predicted molar refractivity (Wildman–Crippen MR) is 60.9 cm³/mol. The smallest absolute Gasteiger partial charge is 0.0292 e. The molecule has 0 radical (unpaired) electrons. The van der Waals surface area contributed by atoms with E-state index < -0.39 is 0 Å². The van der Waals surface area contributed by atoms with Crippen LogP contribution in [-0.2, 0) is 0 Å². The summed E-state index contributed by atoms with van der Waals surface area (Å²) in [6.45, 7) is 5.45. The van der Waals surface area contributed by atoms with E-state index in [-0.39, 0.29) is 0 Å². The van der Waals surface area contributed by atoms with Gasteiger partial charge in [-0.15, -0.1) is 0 Å². The second-order valence-corrected chi connectivity index (χ2v) is 4.15. The molecule has 13 heavy (non-hydrogen) atoms. The van der Waals surface area contributed by atoms with Crippen molar-refractivity contribution in [2.75, 3.05) is 6.54 Å². The number of nitrogens with one attached hydrogen (secondary N) is 1. The lowest BCUT2D eigenvalue weighted by atomic mass is 10.1. The average molecular weight is 242 g/mol. The Kier molecular flexibility index (Phi) is 4.46. The van der Waals surface area contributed by atoms with Gasteiger partial charge in [-0.2, -0.15) is 0 Å². The molecule has 1 aromatic rings. The highest BCUT2D eigenvalue weighted by molar-refractivity contribution is 9.10. The summed E-state index contributed by atoms with van der Waals surface area (Å²) in [6, 6.07) is 8.88. The predicted octanol–water partition coefficient (Wildman–Crippen LogP) is 3.51. The van der Waals surface area contributed by atoms with Gasteiger partial charge in [0.25, 0.3) is 0 Å². The van der Waals surface area contributed by atoms with Crippen molar-refractivity contribution < 1.29 is 0 Å². The van der Waals surface area contributed by atoms with E-state index in [1.807, 2.05) is 0 Å². The molecular formula is C11H16BrN. The standard InChI is InChI=1S/C11H16BrN/c1-3-7-13-9(2)10-5-4-6-11(12)8-10/h4-6,8-9,13H,3,7H2,1-2H3. The first-order valence-corrected chi connectivity index (χ1v) is 5.52. The maximum Gasteiger partial charge on any atom is 0.0292 e. The van der Waals surface area contributed by atoms with Crippen molar-refractivity contribution in [1.29, 1.82) is 0 Å². The molecule has 0 aliphatic heterocycles. The van der Waals surface area contributed by atoms with Crippen LogP contribution in [0.2, 0.25) is 0 Å². The Labute approximate surface area is 88.7 Å². The van der Waals surface area contributed by atoms with Gasteiger partial charge in [-0.05, 0) is 37.6 Å². The molecule has 1 N–H and O–H groups in total. The van der Waals surface area contributed by atoms with Crippen LogP contribution >= 0.6 is 15.9 Å². The normalized spacial score (nSPS) is 12.8. The fraction of sp³-hybridized carbons (Fsp3) is 0.455. The van der Waals surface area contributed by atoms with E-state index in [0.29, 0.717) is 6.04 Å². The first-order chi connectivity index (χ1) is 6.24. The zero-order valence-electron chi connectivity index (χ0n) is 8.18. The zero-order valence-corrected chi connectivity index (χ0v) is 9.76. The van der Waals surface area contributed by atoms with Gasteiger partial charge >= 0.3 is 0 Å². The van der Waals surface area contributed by atoms with E-state index >= 15 is 0 Å². The third-order valence-corrected chi connectivity index (χ3v) is 2.54. The van der Waals surface area contributed by atoms with Crippen LogP contribution in [0.15, 0.2) is 28.7 Å². The third-order valence-electron chi connectivity index (χ3n) is 2.05. The molecule has 2 heteroatoms. The maximum absolute atomic E-state index is 3.47. The largest absolute Gasteiger partial charge is 0.310 e. The Hall–Kier alpha value is -0.340. The minimum Gasteiger partial charge on any atom is -0.310 e. The molecule has 0 amide bonds. The van der Waals surface area contributed by atoms with E-state index in [1.165, 1.54) is 12.0 Å². The van der Waals surface area contributed by atoms with Crippen LogP contribution in [0.25, 0.3) is 0 Å². The molecule has 1 rings (SSSR count). The van der Waals surface area contributed by atoms with E-state index in [1.54, 1.807) is 0 Å². The van der Waals surface area contributed by atoms with E-state index in [2.05, 4.69) is 59.4 Å². The van der Waals surface area contributed by atoms with Gasteiger partial charge in [0.2, 0.25) is 0 Å². The van der Waals surface area contributed by atoms with E-state index in [4.69, 9.17) is 0 Å². The highest BCUT2D eigenvalue weighted by atomic mass is 79.9. The molecule has 1 unspecified atom stereocenters. The van der Waals surface area contributed by atoms with Crippen LogP contribution in [0, 0.1) is 0 Å². The summed E-state index contributed by atoms with van der Waals surface area (Å²) < 4.78 is 1.15. The van der Waals surface area contributed by atoms with Gasteiger partial charge in [-0.25, -0.2) is 0 Å². The molecule has 0 aromatic heterocycles. The molecule has 1 nitrogen and oxygen atoms in total. The quantitative estimate of drug-likeness (QED) is 0.851. The highest BCUT2D eigenvalue weighted by Crippen LogP contribution is 2.17.